The molecule has 0 N–H and O–H groups in total. The summed E-state index contributed by atoms with van der Waals surface area (Å²) in [7, 11) is 0. The summed E-state index contributed by atoms with van der Waals surface area (Å²) in [6.45, 7) is 9.54. The van der Waals surface area contributed by atoms with Gasteiger partial charge in [-0.15, -0.1) is 0 Å². The number of hydrogen-bond acceptors (Lipinski definition) is 4. The molecule has 3 rings (SSSR count). The van der Waals surface area contributed by atoms with E-state index in [0.717, 1.165) is 24.1 Å². The first-order valence-corrected chi connectivity index (χ1v) is 13.7. The van der Waals surface area contributed by atoms with E-state index in [9.17, 15) is 19.7 Å². The summed E-state index contributed by atoms with van der Waals surface area (Å²) in [5.41, 5.74) is 2.53. The number of rotatable bonds is 13. The highest BCUT2D eigenvalue weighted by Gasteiger charge is 2.25. The molecule has 0 spiro atoms. The number of halogens is 1. The van der Waals surface area contributed by atoms with Gasteiger partial charge in [-0.05, 0) is 49.1 Å². The number of hydrogen-bond donors (Lipinski definition) is 0. The number of nitrogens with zero attached hydrogens (tertiary/aromatic N) is 4. The van der Waals surface area contributed by atoms with E-state index in [1.165, 1.54) is 11.0 Å². The Kier molecular flexibility index (Phi) is 10.7. The fourth-order valence-corrected chi connectivity index (χ4v) is 4.63. The minimum atomic E-state index is -0.490. The summed E-state index contributed by atoms with van der Waals surface area (Å²) in [6, 6.07) is 16.1. The van der Waals surface area contributed by atoms with E-state index in [1.807, 2.05) is 49.5 Å². The number of benzene rings is 2. The minimum absolute atomic E-state index is 0.0988. The van der Waals surface area contributed by atoms with Crippen molar-refractivity contribution in [2.24, 2.45) is 5.92 Å². The van der Waals surface area contributed by atoms with Crippen LogP contribution >= 0.6 is 11.6 Å². The second-order valence-corrected chi connectivity index (χ2v) is 10.6. The van der Waals surface area contributed by atoms with Crippen LogP contribution in [0.1, 0.15) is 60.8 Å². The van der Waals surface area contributed by atoms with Crippen molar-refractivity contribution >= 4 is 29.1 Å². The average molecular weight is 553 g/mol. The maximum absolute atomic E-state index is 13.7. The van der Waals surface area contributed by atoms with Gasteiger partial charge in [-0.25, -0.2) is 0 Å². The van der Waals surface area contributed by atoms with Crippen molar-refractivity contribution in [3.05, 3.63) is 98.3 Å². The first kappa shape index (κ1) is 29.9. The van der Waals surface area contributed by atoms with Crippen LogP contribution < -0.4 is 0 Å². The molecule has 0 bridgehead atoms. The summed E-state index contributed by atoms with van der Waals surface area (Å²) in [5, 5.41) is 12.1. The highest BCUT2D eigenvalue weighted by molar-refractivity contribution is 6.31. The molecule has 0 unspecified atom stereocenters. The maximum atomic E-state index is 13.7. The summed E-state index contributed by atoms with van der Waals surface area (Å²) in [4.78, 5) is 41.3. The lowest BCUT2D eigenvalue weighted by Crippen LogP contribution is -2.44. The molecule has 0 fully saturated rings. The third-order valence-electron chi connectivity index (χ3n) is 6.56. The molecule has 2 aromatic carbocycles. The van der Waals surface area contributed by atoms with Gasteiger partial charge in [0, 0.05) is 53.7 Å². The van der Waals surface area contributed by atoms with E-state index < -0.39 is 4.92 Å². The first-order chi connectivity index (χ1) is 18.6. The molecule has 208 valence electrons. The van der Waals surface area contributed by atoms with Crippen LogP contribution in [0.25, 0.3) is 0 Å². The van der Waals surface area contributed by atoms with Crippen LogP contribution in [0.15, 0.2) is 60.8 Å². The van der Waals surface area contributed by atoms with E-state index in [4.69, 9.17) is 11.6 Å². The molecule has 3 aromatic rings. The van der Waals surface area contributed by atoms with Crippen molar-refractivity contribution in [1.29, 1.82) is 0 Å². The topological polar surface area (TPSA) is 88.7 Å². The summed E-state index contributed by atoms with van der Waals surface area (Å²) < 4.78 is 2.08. The molecule has 39 heavy (non-hydrogen) atoms. The van der Waals surface area contributed by atoms with Crippen molar-refractivity contribution in [1.82, 2.24) is 14.4 Å². The molecule has 0 atom stereocenters. The largest absolute Gasteiger partial charge is 0.345 e. The Balaban J connectivity index is 1.82. The zero-order chi connectivity index (χ0) is 28.5. The van der Waals surface area contributed by atoms with Crippen molar-refractivity contribution in [3.8, 4) is 0 Å². The van der Waals surface area contributed by atoms with Crippen LogP contribution in [0, 0.1) is 23.0 Å². The quantitative estimate of drug-likeness (QED) is 0.183. The number of aryl methyl sites for hydroxylation is 1. The number of nitro benzene ring substituents is 1. The Labute approximate surface area is 235 Å². The van der Waals surface area contributed by atoms with E-state index >= 15 is 0 Å². The molecule has 0 aliphatic carbocycles. The normalized spacial score (nSPS) is 11.0. The second-order valence-electron chi connectivity index (χ2n) is 10.2. The Hall–Kier alpha value is -3.65. The summed E-state index contributed by atoms with van der Waals surface area (Å²) in [6.07, 6.45) is 3.53. The molecular weight excluding hydrogens is 516 g/mol. The molecular formula is C30H37ClN4O4. The molecule has 9 heteroatoms. The second kappa shape index (κ2) is 13.9. The van der Waals surface area contributed by atoms with Gasteiger partial charge in [-0.3, -0.25) is 19.7 Å². The molecule has 0 saturated heterocycles. The SMILES string of the molecule is CCCCN(CC(=O)N(Cc1cccn1Cc1ccccc1Cl)CC(C)C)C(=O)c1ccc(C)c([N+](=O)[O-])c1. The van der Waals surface area contributed by atoms with Gasteiger partial charge >= 0.3 is 0 Å². The lowest BCUT2D eigenvalue weighted by atomic mass is 10.1. The van der Waals surface area contributed by atoms with E-state index in [0.29, 0.717) is 36.8 Å². The Morgan fingerprint density at radius 2 is 1.82 bits per heavy atom. The predicted molar refractivity (Wildman–Crippen MR) is 154 cm³/mol. The number of carbonyl (C=O) groups is 2. The number of unbranched alkanes of at least 4 members (excludes halogenated alkanes) is 1. The van der Waals surface area contributed by atoms with Crippen LogP contribution in [-0.2, 0) is 17.9 Å². The maximum Gasteiger partial charge on any atom is 0.273 e. The lowest BCUT2D eigenvalue weighted by molar-refractivity contribution is -0.385. The van der Waals surface area contributed by atoms with Crippen molar-refractivity contribution in [2.45, 2.75) is 53.6 Å². The molecule has 0 radical (unpaired) electrons. The van der Waals surface area contributed by atoms with Gasteiger partial charge in [0.05, 0.1) is 11.5 Å². The smallest absolute Gasteiger partial charge is 0.273 e. The Morgan fingerprint density at radius 3 is 2.49 bits per heavy atom. The Bertz CT molecular complexity index is 1300. The predicted octanol–water partition coefficient (Wildman–Crippen LogP) is 6.33. The third-order valence-corrected chi connectivity index (χ3v) is 6.93. The van der Waals surface area contributed by atoms with Gasteiger partial charge in [0.25, 0.3) is 11.6 Å². The number of nitro groups is 1. The zero-order valence-electron chi connectivity index (χ0n) is 23.1. The van der Waals surface area contributed by atoms with Gasteiger partial charge in [0.1, 0.15) is 6.54 Å². The standard InChI is InChI=1S/C30H37ClN4O4/c1-5-6-15-33(30(37)24-14-13-23(4)28(17-24)35(38)39)21-29(36)34(18-22(2)3)20-26-11-9-16-32(26)19-25-10-7-8-12-27(25)31/h7-14,16-17,22H,5-6,15,18-21H2,1-4H3. The van der Waals surface area contributed by atoms with Crippen LogP contribution in [0.3, 0.4) is 0 Å². The number of carbonyl (C=O) groups excluding carboxylic acids is 2. The molecule has 2 amide bonds. The third kappa shape index (κ3) is 8.17. The summed E-state index contributed by atoms with van der Waals surface area (Å²) >= 11 is 6.38. The van der Waals surface area contributed by atoms with Crippen molar-refractivity contribution in [2.75, 3.05) is 19.6 Å². The fourth-order valence-electron chi connectivity index (χ4n) is 4.43. The highest BCUT2D eigenvalue weighted by atomic mass is 35.5. The van der Waals surface area contributed by atoms with Crippen LogP contribution in [0.4, 0.5) is 5.69 Å². The van der Waals surface area contributed by atoms with Crippen LogP contribution in [0.2, 0.25) is 5.02 Å². The molecule has 0 aliphatic heterocycles. The monoisotopic (exact) mass is 552 g/mol. The van der Waals surface area contributed by atoms with Gasteiger partial charge in [0.15, 0.2) is 0 Å². The first-order valence-electron chi connectivity index (χ1n) is 13.3. The van der Waals surface area contributed by atoms with Gasteiger partial charge in [-0.2, -0.15) is 0 Å². The molecule has 1 aromatic heterocycles. The average Bonchev–Trinajstić information content (AvgIpc) is 3.33. The van der Waals surface area contributed by atoms with Crippen LogP contribution in [-0.4, -0.2) is 50.7 Å². The molecule has 0 aliphatic rings. The molecule has 0 saturated carbocycles. The lowest BCUT2D eigenvalue weighted by Gasteiger charge is -2.29. The van der Waals surface area contributed by atoms with Crippen LogP contribution in [0.5, 0.6) is 0 Å². The fraction of sp³-hybridized carbons (Fsp3) is 0.400. The molecule has 1 heterocycles. The van der Waals surface area contributed by atoms with Crippen molar-refractivity contribution in [3.63, 3.8) is 0 Å². The summed E-state index contributed by atoms with van der Waals surface area (Å²) in [5.74, 6) is -0.327. The van der Waals surface area contributed by atoms with E-state index in [1.54, 1.807) is 24.0 Å². The minimum Gasteiger partial charge on any atom is -0.345 e. The van der Waals surface area contributed by atoms with Gasteiger partial charge in [-0.1, -0.05) is 63.1 Å². The van der Waals surface area contributed by atoms with Gasteiger partial charge in [0.2, 0.25) is 5.91 Å². The van der Waals surface area contributed by atoms with Gasteiger partial charge < -0.3 is 14.4 Å². The van der Waals surface area contributed by atoms with E-state index in [2.05, 4.69) is 18.4 Å². The zero-order valence-corrected chi connectivity index (χ0v) is 23.9. The Morgan fingerprint density at radius 1 is 1.08 bits per heavy atom. The number of amides is 2. The van der Waals surface area contributed by atoms with Crippen molar-refractivity contribution < 1.29 is 14.5 Å². The number of aromatic nitrogens is 1. The highest BCUT2D eigenvalue weighted by Crippen LogP contribution is 2.21. The van der Waals surface area contributed by atoms with E-state index in [-0.39, 0.29) is 35.5 Å². The molecule has 8 nitrogen and oxygen atoms in total.